The number of rotatable bonds is 5. The Kier molecular flexibility index (Phi) is 3.72. The van der Waals surface area contributed by atoms with Crippen LogP contribution in [0, 0.1) is 5.92 Å². The molecule has 1 aromatic carbocycles. The summed E-state index contributed by atoms with van der Waals surface area (Å²) in [6.45, 7) is 4.48. The lowest BCUT2D eigenvalue weighted by Gasteiger charge is -2.18. The topological polar surface area (TPSA) is 35.2 Å². The van der Waals surface area contributed by atoms with Crippen molar-refractivity contribution in [3.63, 3.8) is 0 Å². The van der Waals surface area contributed by atoms with Crippen LogP contribution in [-0.2, 0) is 0 Å². The fourth-order valence-electron chi connectivity index (χ4n) is 2.26. The molecule has 0 bridgehead atoms. The number of ether oxygens (including phenoxy) is 1. The number of hydrogen-bond acceptors (Lipinski definition) is 2. The maximum absolute atomic E-state index is 6.31. The molecular weight excluding hydrogens is 210 g/mol. The average molecular weight is 233 g/mol. The Balaban J connectivity index is 2.31. The van der Waals surface area contributed by atoms with Gasteiger partial charge in [-0.1, -0.05) is 26.0 Å². The zero-order chi connectivity index (χ0) is 12.4. The minimum absolute atomic E-state index is 0.147. The Hall–Kier alpha value is -1.02. The summed E-state index contributed by atoms with van der Waals surface area (Å²) in [6, 6.07) is 6.62. The second-order valence-corrected chi connectivity index (χ2v) is 5.17. The van der Waals surface area contributed by atoms with Gasteiger partial charge in [0.2, 0.25) is 0 Å². The Labute approximate surface area is 104 Å². The smallest absolute Gasteiger partial charge is 0.123 e. The zero-order valence-corrected chi connectivity index (χ0v) is 11.1. The van der Waals surface area contributed by atoms with E-state index in [9.17, 15) is 0 Å². The van der Waals surface area contributed by atoms with Gasteiger partial charge in [-0.15, -0.1) is 0 Å². The van der Waals surface area contributed by atoms with Gasteiger partial charge in [-0.25, -0.2) is 0 Å². The first-order valence-electron chi connectivity index (χ1n) is 6.60. The van der Waals surface area contributed by atoms with E-state index in [0.29, 0.717) is 11.8 Å². The lowest BCUT2D eigenvalue weighted by molar-refractivity contribution is 0.402. The molecule has 2 rings (SSSR count). The van der Waals surface area contributed by atoms with Gasteiger partial charge in [-0.2, -0.15) is 0 Å². The van der Waals surface area contributed by atoms with E-state index >= 15 is 0 Å². The predicted molar refractivity (Wildman–Crippen MR) is 71.4 cm³/mol. The first-order chi connectivity index (χ1) is 8.17. The van der Waals surface area contributed by atoms with E-state index in [-0.39, 0.29) is 6.04 Å². The van der Waals surface area contributed by atoms with Gasteiger partial charge in [0.15, 0.2) is 0 Å². The van der Waals surface area contributed by atoms with E-state index in [2.05, 4.69) is 32.0 Å². The maximum Gasteiger partial charge on any atom is 0.123 e. The molecule has 94 valence electrons. The van der Waals surface area contributed by atoms with Crippen molar-refractivity contribution in [1.29, 1.82) is 0 Å². The molecule has 2 atom stereocenters. The van der Waals surface area contributed by atoms with Crippen LogP contribution in [0.15, 0.2) is 18.2 Å². The van der Waals surface area contributed by atoms with Gasteiger partial charge in [-0.3, -0.25) is 0 Å². The molecule has 0 spiro atoms. The van der Waals surface area contributed by atoms with Crippen LogP contribution in [0.5, 0.6) is 5.75 Å². The van der Waals surface area contributed by atoms with E-state index in [4.69, 9.17) is 10.5 Å². The summed E-state index contributed by atoms with van der Waals surface area (Å²) < 4.78 is 5.43. The summed E-state index contributed by atoms with van der Waals surface area (Å²) in [4.78, 5) is 0. The number of benzene rings is 1. The van der Waals surface area contributed by atoms with E-state index in [0.717, 1.165) is 12.2 Å². The van der Waals surface area contributed by atoms with Gasteiger partial charge in [0.05, 0.1) is 7.11 Å². The lowest BCUT2D eigenvalue weighted by Crippen LogP contribution is -2.14. The Morgan fingerprint density at radius 3 is 2.65 bits per heavy atom. The van der Waals surface area contributed by atoms with Crippen molar-refractivity contribution in [3.8, 4) is 5.75 Å². The fraction of sp³-hybridized carbons (Fsp3) is 0.600. The molecule has 2 N–H and O–H groups in total. The molecule has 0 radical (unpaired) electrons. The first kappa shape index (κ1) is 12.4. The monoisotopic (exact) mass is 233 g/mol. The molecule has 0 saturated heterocycles. The standard InChI is InChI=1S/C15H23NO/c1-4-10(2)12-7-8-14(17-3)13(9-12)15(16)11-5-6-11/h7-11,15H,4-6,16H2,1-3H3. The van der Waals surface area contributed by atoms with E-state index in [1.165, 1.54) is 24.0 Å². The molecule has 0 amide bonds. The third-order valence-corrected chi connectivity index (χ3v) is 3.92. The summed E-state index contributed by atoms with van der Waals surface area (Å²) in [7, 11) is 1.72. The van der Waals surface area contributed by atoms with Crippen LogP contribution in [0.25, 0.3) is 0 Å². The molecule has 17 heavy (non-hydrogen) atoms. The summed E-state index contributed by atoms with van der Waals surface area (Å²) in [5, 5.41) is 0. The third-order valence-electron chi connectivity index (χ3n) is 3.92. The minimum atomic E-state index is 0.147. The zero-order valence-electron chi connectivity index (χ0n) is 11.1. The van der Waals surface area contributed by atoms with Crippen molar-refractivity contribution >= 4 is 0 Å². The van der Waals surface area contributed by atoms with Crippen LogP contribution in [0.4, 0.5) is 0 Å². The van der Waals surface area contributed by atoms with Crippen LogP contribution in [-0.4, -0.2) is 7.11 Å². The molecule has 2 unspecified atom stereocenters. The summed E-state index contributed by atoms with van der Waals surface area (Å²) in [5.74, 6) is 2.19. The van der Waals surface area contributed by atoms with Gasteiger partial charge >= 0.3 is 0 Å². The number of methoxy groups -OCH3 is 1. The number of hydrogen-bond donors (Lipinski definition) is 1. The highest BCUT2D eigenvalue weighted by Gasteiger charge is 2.31. The summed E-state index contributed by atoms with van der Waals surface area (Å²) >= 11 is 0. The van der Waals surface area contributed by atoms with Crippen LogP contribution in [0.1, 0.15) is 56.2 Å². The van der Waals surface area contributed by atoms with Crippen LogP contribution >= 0.6 is 0 Å². The molecule has 1 saturated carbocycles. The fourth-order valence-corrected chi connectivity index (χ4v) is 2.26. The maximum atomic E-state index is 6.31. The summed E-state index contributed by atoms with van der Waals surface area (Å²) in [5.41, 5.74) is 8.87. The van der Waals surface area contributed by atoms with Crippen molar-refractivity contribution < 1.29 is 4.74 Å². The van der Waals surface area contributed by atoms with Crippen LogP contribution in [0.2, 0.25) is 0 Å². The van der Waals surface area contributed by atoms with E-state index < -0.39 is 0 Å². The highest BCUT2D eigenvalue weighted by atomic mass is 16.5. The quantitative estimate of drug-likeness (QED) is 0.843. The molecule has 1 aromatic rings. The molecular formula is C15H23NO. The average Bonchev–Trinajstić information content (AvgIpc) is 3.20. The first-order valence-corrected chi connectivity index (χ1v) is 6.60. The molecule has 2 heteroatoms. The molecule has 0 aliphatic heterocycles. The predicted octanol–water partition coefficient (Wildman–Crippen LogP) is 3.62. The molecule has 0 heterocycles. The van der Waals surface area contributed by atoms with Gasteiger partial charge in [0.25, 0.3) is 0 Å². The molecule has 2 nitrogen and oxygen atoms in total. The van der Waals surface area contributed by atoms with Crippen molar-refractivity contribution in [2.75, 3.05) is 7.11 Å². The Bertz CT molecular complexity index is 385. The highest BCUT2D eigenvalue weighted by molar-refractivity contribution is 5.41. The Morgan fingerprint density at radius 2 is 2.12 bits per heavy atom. The van der Waals surface area contributed by atoms with E-state index in [1.807, 2.05) is 0 Å². The Morgan fingerprint density at radius 1 is 1.41 bits per heavy atom. The summed E-state index contributed by atoms with van der Waals surface area (Å²) in [6.07, 6.45) is 3.68. The highest BCUT2D eigenvalue weighted by Crippen LogP contribution is 2.42. The van der Waals surface area contributed by atoms with Crippen molar-refractivity contribution in [2.45, 2.75) is 45.1 Å². The van der Waals surface area contributed by atoms with Gasteiger partial charge < -0.3 is 10.5 Å². The molecule has 0 aromatic heterocycles. The van der Waals surface area contributed by atoms with Gasteiger partial charge in [-0.05, 0) is 42.7 Å². The van der Waals surface area contributed by atoms with E-state index in [1.54, 1.807) is 7.11 Å². The molecule has 1 aliphatic carbocycles. The number of nitrogens with two attached hydrogens (primary N) is 1. The largest absolute Gasteiger partial charge is 0.496 e. The van der Waals surface area contributed by atoms with Gasteiger partial charge in [0, 0.05) is 11.6 Å². The van der Waals surface area contributed by atoms with Gasteiger partial charge in [0.1, 0.15) is 5.75 Å². The third kappa shape index (κ3) is 2.63. The lowest BCUT2D eigenvalue weighted by atomic mass is 9.93. The molecule has 1 fully saturated rings. The SMILES string of the molecule is CCC(C)c1ccc(OC)c(C(N)C2CC2)c1. The second-order valence-electron chi connectivity index (χ2n) is 5.17. The normalized spacial score (nSPS) is 18.8. The minimum Gasteiger partial charge on any atom is -0.496 e. The molecule has 1 aliphatic rings. The second kappa shape index (κ2) is 5.09. The van der Waals surface area contributed by atoms with Crippen molar-refractivity contribution in [3.05, 3.63) is 29.3 Å². The van der Waals surface area contributed by atoms with Crippen LogP contribution < -0.4 is 10.5 Å². The van der Waals surface area contributed by atoms with Crippen molar-refractivity contribution in [1.82, 2.24) is 0 Å². The van der Waals surface area contributed by atoms with Crippen molar-refractivity contribution in [2.24, 2.45) is 11.7 Å². The van der Waals surface area contributed by atoms with Crippen LogP contribution in [0.3, 0.4) is 0 Å².